The van der Waals surface area contributed by atoms with Gasteiger partial charge in [-0.2, -0.15) is 0 Å². The van der Waals surface area contributed by atoms with Crippen molar-refractivity contribution in [1.29, 1.82) is 0 Å². The molecule has 0 fully saturated rings. The van der Waals surface area contributed by atoms with Crippen molar-refractivity contribution < 1.29 is 4.79 Å². The lowest BCUT2D eigenvalue weighted by atomic mass is 10.2. The molecule has 0 radical (unpaired) electrons. The third-order valence-corrected chi connectivity index (χ3v) is 3.55. The van der Waals surface area contributed by atoms with Crippen LogP contribution in [-0.4, -0.2) is 10.9 Å². The number of hydrogen-bond donors (Lipinski definition) is 2. The van der Waals surface area contributed by atoms with E-state index in [1.54, 1.807) is 0 Å². The van der Waals surface area contributed by atoms with Crippen LogP contribution in [0.4, 0.5) is 11.5 Å². The molecule has 1 heterocycles. The average Bonchev–Trinajstić information content (AvgIpc) is 2.32. The molecule has 0 bridgehead atoms. The van der Waals surface area contributed by atoms with E-state index in [-0.39, 0.29) is 16.9 Å². The average molecular weight is 341 g/mol. The molecule has 4 nitrogen and oxygen atoms in total. The van der Waals surface area contributed by atoms with Crippen LogP contribution in [0.15, 0.2) is 34.8 Å². The first-order chi connectivity index (χ1) is 8.95. The molecule has 1 aromatic heterocycles. The fourth-order valence-corrected chi connectivity index (χ4v) is 2.12. The van der Waals surface area contributed by atoms with Crippen molar-refractivity contribution in [3.05, 3.63) is 51.1 Å². The number of halogens is 2. The minimum Gasteiger partial charge on any atom is -0.384 e. The fraction of sp³-hybridized carbons (Fsp3) is 0.0769. The molecule has 1 amide bonds. The Morgan fingerprint density at radius 1 is 1.37 bits per heavy atom. The van der Waals surface area contributed by atoms with Crippen LogP contribution in [-0.2, 0) is 0 Å². The van der Waals surface area contributed by atoms with Crippen LogP contribution in [0.5, 0.6) is 0 Å². The van der Waals surface area contributed by atoms with E-state index in [0.29, 0.717) is 11.3 Å². The summed E-state index contributed by atoms with van der Waals surface area (Å²) in [4.78, 5) is 15.9. The maximum Gasteiger partial charge on any atom is 0.255 e. The maximum atomic E-state index is 12.0. The fourth-order valence-electron chi connectivity index (χ4n) is 1.52. The zero-order valence-corrected chi connectivity index (χ0v) is 12.4. The topological polar surface area (TPSA) is 68.0 Å². The Hall–Kier alpha value is -1.59. The van der Waals surface area contributed by atoms with Gasteiger partial charge in [0.2, 0.25) is 0 Å². The normalized spacial score (nSPS) is 10.3. The monoisotopic (exact) mass is 339 g/mol. The number of anilines is 2. The van der Waals surface area contributed by atoms with E-state index < -0.39 is 0 Å². The molecule has 1 aromatic carbocycles. The van der Waals surface area contributed by atoms with Gasteiger partial charge < -0.3 is 11.1 Å². The van der Waals surface area contributed by atoms with Crippen molar-refractivity contribution in [2.75, 3.05) is 11.1 Å². The van der Waals surface area contributed by atoms with E-state index in [2.05, 4.69) is 26.2 Å². The van der Waals surface area contributed by atoms with Crippen LogP contribution < -0.4 is 11.1 Å². The summed E-state index contributed by atoms with van der Waals surface area (Å²) in [5.41, 5.74) is 7.70. The van der Waals surface area contributed by atoms with E-state index in [1.807, 2.05) is 25.1 Å². The first-order valence-electron chi connectivity index (χ1n) is 5.46. The molecule has 0 aliphatic carbocycles. The van der Waals surface area contributed by atoms with Gasteiger partial charge in [0, 0.05) is 15.7 Å². The van der Waals surface area contributed by atoms with E-state index in [9.17, 15) is 4.79 Å². The second-order valence-corrected chi connectivity index (χ2v) is 5.26. The van der Waals surface area contributed by atoms with Crippen molar-refractivity contribution in [1.82, 2.24) is 4.98 Å². The van der Waals surface area contributed by atoms with Gasteiger partial charge in [-0.25, -0.2) is 4.98 Å². The highest BCUT2D eigenvalue weighted by molar-refractivity contribution is 9.10. The molecule has 19 heavy (non-hydrogen) atoms. The predicted octanol–water partition coefficient (Wildman–Crippen LogP) is 3.64. The quantitative estimate of drug-likeness (QED) is 0.820. The first kappa shape index (κ1) is 13.8. The highest BCUT2D eigenvalue weighted by atomic mass is 79.9. The lowest BCUT2D eigenvalue weighted by Crippen LogP contribution is -2.12. The van der Waals surface area contributed by atoms with Gasteiger partial charge in [0.25, 0.3) is 5.91 Å². The number of pyridine rings is 1. The Bertz CT molecular complexity index is 626. The number of benzene rings is 1. The summed E-state index contributed by atoms with van der Waals surface area (Å²) in [5.74, 6) is -0.0745. The summed E-state index contributed by atoms with van der Waals surface area (Å²) in [5, 5.41) is 2.96. The van der Waals surface area contributed by atoms with Crippen molar-refractivity contribution >= 4 is 44.9 Å². The number of rotatable bonds is 2. The van der Waals surface area contributed by atoms with Crippen molar-refractivity contribution in [3.8, 4) is 0 Å². The highest BCUT2D eigenvalue weighted by Gasteiger charge is 2.09. The van der Waals surface area contributed by atoms with E-state index in [4.69, 9.17) is 17.3 Å². The van der Waals surface area contributed by atoms with Gasteiger partial charge in [0.15, 0.2) is 0 Å². The second kappa shape index (κ2) is 5.59. The standard InChI is InChI=1S/C13H11BrClN3O/c1-7-2-3-9(6-10(7)14)17-13(19)8-4-11(15)18-12(16)5-8/h2-6H,1H3,(H2,16,18)(H,17,19). The molecule has 98 valence electrons. The Morgan fingerprint density at radius 3 is 2.74 bits per heavy atom. The molecule has 0 saturated carbocycles. The van der Waals surface area contributed by atoms with Crippen LogP contribution in [0.3, 0.4) is 0 Å². The molecular formula is C13H11BrClN3O. The van der Waals surface area contributed by atoms with Crippen LogP contribution >= 0.6 is 27.5 Å². The number of amides is 1. The summed E-state index contributed by atoms with van der Waals surface area (Å²) in [7, 11) is 0. The van der Waals surface area contributed by atoms with E-state index in [1.165, 1.54) is 12.1 Å². The van der Waals surface area contributed by atoms with E-state index in [0.717, 1.165) is 10.0 Å². The molecule has 0 unspecified atom stereocenters. The van der Waals surface area contributed by atoms with Gasteiger partial charge in [-0.05, 0) is 36.8 Å². The largest absolute Gasteiger partial charge is 0.384 e. The molecule has 0 spiro atoms. The van der Waals surface area contributed by atoms with Gasteiger partial charge in [-0.1, -0.05) is 33.6 Å². The molecule has 0 saturated heterocycles. The van der Waals surface area contributed by atoms with Crippen molar-refractivity contribution in [2.45, 2.75) is 6.92 Å². The summed E-state index contributed by atoms with van der Waals surface area (Å²) >= 11 is 9.18. The number of carbonyl (C=O) groups excluding carboxylic acids is 1. The number of nitrogens with zero attached hydrogens (tertiary/aromatic N) is 1. The summed E-state index contributed by atoms with van der Waals surface area (Å²) < 4.78 is 0.928. The maximum absolute atomic E-state index is 12.0. The summed E-state index contributed by atoms with van der Waals surface area (Å²) in [6.45, 7) is 1.97. The molecule has 2 rings (SSSR count). The zero-order chi connectivity index (χ0) is 14.0. The molecule has 3 N–H and O–H groups in total. The molecule has 6 heteroatoms. The predicted molar refractivity (Wildman–Crippen MR) is 80.5 cm³/mol. The molecule has 0 aliphatic heterocycles. The number of nitrogens with one attached hydrogen (secondary N) is 1. The van der Waals surface area contributed by atoms with Gasteiger partial charge in [0.1, 0.15) is 11.0 Å². The molecule has 2 aromatic rings. The minimum absolute atomic E-state index is 0.190. The van der Waals surface area contributed by atoms with E-state index >= 15 is 0 Å². The summed E-state index contributed by atoms with van der Waals surface area (Å²) in [6.07, 6.45) is 0. The third-order valence-electron chi connectivity index (χ3n) is 2.51. The summed E-state index contributed by atoms with van der Waals surface area (Å²) in [6, 6.07) is 8.51. The second-order valence-electron chi connectivity index (χ2n) is 4.02. The zero-order valence-electron chi connectivity index (χ0n) is 10.1. The van der Waals surface area contributed by atoms with Crippen molar-refractivity contribution in [3.63, 3.8) is 0 Å². The van der Waals surface area contributed by atoms with Crippen LogP contribution in [0.25, 0.3) is 0 Å². The lowest BCUT2D eigenvalue weighted by molar-refractivity contribution is 0.102. The Labute approximate surface area is 124 Å². The minimum atomic E-state index is -0.285. The molecular weight excluding hydrogens is 330 g/mol. The number of nitrogens with two attached hydrogens (primary N) is 1. The van der Waals surface area contributed by atoms with Crippen LogP contribution in [0.2, 0.25) is 5.15 Å². The molecule has 0 aliphatic rings. The van der Waals surface area contributed by atoms with Gasteiger partial charge in [-0.15, -0.1) is 0 Å². The Kier molecular flexibility index (Phi) is 4.07. The highest BCUT2D eigenvalue weighted by Crippen LogP contribution is 2.21. The Balaban J connectivity index is 2.22. The number of nitrogen functional groups attached to an aromatic ring is 1. The Morgan fingerprint density at radius 2 is 2.11 bits per heavy atom. The van der Waals surface area contributed by atoms with Gasteiger partial charge >= 0.3 is 0 Å². The van der Waals surface area contributed by atoms with Crippen LogP contribution in [0.1, 0.15) is 15.9 Å². The molecule has 0 atom stereocenters. The third kappa shape index (κ3) is 3.45. The number of hydrogen-bond acceptors (Lipinski definition) is 3. The lowest BCUT2D eigenvalue weighted by Gasteiger charge is -2.07. The van der Waals surface area contributed by atoms with Gasteiger partial charge in [-0.3, -0.25) is 4.79 Å². The number of aryl methyl sites for hydroxylation is 1. The number of aromatic nitrogens is 1. The number of carbonyl (C=O) groups is 1. The SMILES string of the molecule is Cc1ccc(NC(=O)c2cc(N)nc(Cl)c2)cc1Br. The van der Waals surface area contributed by atoms with Gasteiger partial charge in [0.05, 0.1) is 0 Å². The first-order valence-corrected chi connectivity index (χ1v) is 6.63. The smallest absolute Gasteiger partial charge is 0.255 e. The van der Waals surface area contributed by atoms with Crippen molar-refractivity contribution in [2.24, 2.45) is 0 Å². The van der Waals surface area contributed by atoms with Crippen LogP contribution in [0, 0.1) is 6.92 Å².